The number of aromatic nitrogens is 2. The fraction of sp³-hybridized carbons (Fsp3) is 0.462. The molecule has 0 radical (unpaired) electrons. The summed E-state index contributed by atoms with van der Waals surface area (Å²) < 4.78 is 11.4. The second-order valence-corrected chi connectivity index (χ2v) is 8.23. The minimum absolute atomic E-state index is 0.335. The van der Waals surface area contributed by atoms with Crippen LogP contribution in [0.4, 0.5) is 5.82 Å². The standard InChI is InChI=1S/C24H28N4O2.C2H6/c1-17-2-5-23-22(12-17)24(26-16-25-23)27-20-13-18-3-4-21(15-19(18)14-20)30-11-8-28-6-9-29-10-7-28;1-2/h2-5,12,15-16,20H,6-11,13-14H2,1H3,(H,25,26,27);1-2H3. The van der Waals surface area contributed by atoms with E-state index in [0.29, 0.717) is 12.6 Å². The molecular weight excluding hydrogens is 400 g/mol. The number of anilines is 1. The fourth-order valence-corrected chi connectivity index (χ4v) is 4.38. The lowest BCUT2D eigenvalue weighted by atomic mass is 10.1. The van der Waals surface area contributed by atoms with E-state index in [2.05, 4.69) is 63.5 Å². The molecule has 0 bridgehead atoms. The summed E-state index contributed by atoms with van der Waals surface area (Å²) in [6.45, 7) is 11.4. The Morgan fingerprint density at radius 1 is 1.03 bits per heavy atom. The lowest BCUT2D eigenvalue weighted by Gasteiger charge is -2.26. The lowest BCUT2D eigenvalue weighted by Crippen LogP contribution is -2.38. The molecule has 2 aromatic carbocycles. The third-order valence-corrected chi connectivity index (χ3v) is 6.02. The molecule has 1 saturated heterocycles. The SMILES string of the molecule is CC.Cc1ccc2ncnc(NC3Cc4ccc(OCCN5CCOCC5)cc4C3)c2c1. The van der Waals surface area contributed by atoms with Crippen molar-refractivity contribution in [2.24, 2.45) is 0 Å². The van der Waals surface area contributed by atoms with Gasteiger partial charge in [0.1, 0.15) is 24.5 Å². The van der Waals surface area contributed by atoms with Crippen molar-refractivity contribution in [3.8, 4) is 5.75 Å². The first-order valence-corrected chi connectivity index (χ1v) is 11.8. The Labute approximate surface area is 191 Å². The van der Waals surface area contributed by atoms with Crippen LogP contribution in [0.25, 0.3) is 10.9 Å². The molecule has 32 heavy (non-hydrogen) atoms. The number of fused-ring (bicyclic) bond motifs is 2. The number of hydrogen-bond donors (Lipinski definition) is 1. The van der Waals surface area contributed by atoms with E-state index >= 15 is 0 Å². The minimum atomic E-state index is 0.335. The van der Waals surface area contributed by atoms with Crippen LogP contribution in [0.3, 0.4) is 0 Å². The predicted molar refractivity (Wildman–Crippen MR) is 130 cm³/mol. The molecule has 1 N–H and O–H groups in total. The van der Waals surface area contributed by atoms with Crippen molar-refractivity contribution in [2.45, 2.75) is 39.7 Å². The van der Waals surface area contributed by atoms with Gasteiger partial charge in [0.15, 0.2) is 0 Å². The minimum Gasteiger partial charge on any atom is -0.492 e. The van der Waals surface area contributed by atoms with E-state index < -0.39 is 0 Å². The molecule has 6 nitrogen and oxygen atoms in total. The molecule has 2 heterocycles. The Hall–Kier alpha value is -2.70. The summed E-state index contributed by atoms with van der Waals surface area (Å²) >= 11 is 0. The average molecular weight is 435 g/mol. The maximum atomic E-state index is 6.03. The number of morpholine rings is 1. The molecule has 5 rings (SSSR count). The van der Waals surface area contributed by atoms with E-state index in [4.69, 9.17) is 9.47 Å². The monoisotopic (exact) mass is 434 g/mol. The molecule has 0 amide bonds. The van der Waals surface area contributed by atoms with Gasteiger partial charge in [-0.15, -0.1) is 0 Å². The van der Waals surface area contributed by atoms with Gasteiger partial charge < -0.3 is 14.8 Å². The van der Waals surface area contributed by atoms with Crippen LogP contribution in [0, 0.1) is 6.92 Å². The summed E-state index contributed by atoms with van der Waals surface area (Å²) in [5, 5.41) is 4.74. The smallest absolute Gasteiger partial charge is 0.137 e. The number of hydrogen-bond acceptors (Lipinski definition) is 6. The third kappa shape index (κ3) is 5.37. The Morgan fingerprint density at radius 3 is 2.69 bits per heavy atom. The summed E-state index contributed by atoms with van der Waals surface area (Å²) in [4.78, 5) is 11.3. The van der Waals surface area contributed by atoms with E-state index in [9.17, 15) is 0 Å². The van der Waals surface area contributed by atoms with Gasteiger partial charge in [0, 0.05) is 31.1 Å². The maximum absolute atomic E-state index is 6.03. The van der Waals surface area contributed by atoms with Crippen LogP contribution in [0.2, 0.25) is 0 Å². The highest BCUT2D eigenvalue weighted by molar-refractivity contribution is 5.89. The highest BCUT2D eigenvalue weighted by Gasteiger charge is 2.23. The first-order chi connectivity index (χ1) is 15.7. The zero-order valence-corrected chi connectivity index (χ0v) is 19.4. The summed E-state index contributed by atoms with van der Waals surface area (Å²) in [5.41, 5.74) is 4.95. The van der Waals surface area contributed by atoms with Gasteiger partial charge in [0.25, 0.3) is 0 Å². The molecule has 1 unspecified atom stereocenters. The van der Waals surface area contributed by atoms with Crippen molar-refractivity contribution < 1.29 is 9.47 Å². The summed E-state index contributed by atoms with van der Waals surface area (Å²) in [7, 11) is 0. The average Bonchev–Trinajstić information content (AvgIpc) is 3.23. The third-order valence-electron chi connectivity index (χ3n) is 6.02. The molecule has 170 valence electrons. The van der Waals surface area contributed by atoms with Crippen LogP contribution in [0.5, 0.6) is 5.75 Å². The Balaban J connectivity index is 0.00000119. The van der Waals surface area contributed by atoms with E-state index in [-0.39, 0.29) is 0 Å². The van der Waals surface area contributed by atoms with Crippen LogP contribution in [-0.4, -0.2) is 60.4 Å². The van der Waals surface area contributed by atoms with Gasteiger partial charge in [-0.25, -0.2) is 9.97 Å². The van der Waals surface area contributed by atoms with Gasteiger partial charge in [-0.05, 0) is 55.2 Å². The number of aryl methyl sites for hydroxylation is 1. The zero-order chi connectivity index (χ0) is 22.3. The molecule has 1 atom stereocenters. The van der Waals surface area contributed by atoms with Crippen molar-refractivity contribution in [2.75, 3.05) is 44.8 Å². The van der Waals surface area contributed by atoms with Crippen molar-refractivity contribution in [1.82, 2.24) is 14.9 Å². The molecular formula is C26H34N4O2. The summed E-state index contributed by atoms with van der Waals surface area (Å²) in [6.07, 6.45) is 3.62. The van der Waals surface area contributed by atoms with Gasteiger partial charge in [0.2, 0.25) is 0 Å². The van der Waals surface area contributed by atoms with E-state index in [0.717, 1.165) is 68.2 Å². The number of benzene rings is 2. The van der Waals surface area contributed by atoms with E-state index in [1.165, 1.54) is 16.7 Å². The second-order valence-electron chi connectivity index (χ2n) is 8.23. The topological polar surface area (TPSA) is 59.5 Å². The van der Waals surface area contributed by atoms with E-state index in [1.54, 1.807) is 6.33 Å². The maximum Gasteiger partial charge on any atom is 0.137 e. The van der Waals surface area contributed by atoms with Gasteiger partial charge in [-0.2, -0.15) is 0 Å². The first kappa shape index (κ1) is 22.5. The van der Waals surface area contributed by atoms with Crippen LogP contribution >= 0.6 is 0 Å². The molecule has 1 fully saturated rings. The highest BCUT2D eigenvalue weighted by Crippen LogP contribution is 2.29. The molecule has 1 aromatic heterocycles. The van der Waals surface area contributed by atoms with Crippen LogP contribution in [0.1, 0.15) is 30.5 Å². The van der Waals surface area contributed by atoms with Crippen molar-refractivity contribution in [3.05, 3.63) is 59.4 Å². The van der Waals surface area contributed by atoms with Gasteiger partial charge in [0.05, 0.1) is 18.7 Å². The quantitative estimate of drug-likeness (QED) is 0.626. The molecule has 3 aromatic rings. The van der Waals surface area contributed by atoms with Crippen molar-refractivity contribution >= 4 is 16.7 Å². The van der Waals surface area contributed by atoms with Crippen LogP contribution in [0.15, 0.2) is 42.7 Å². The largest absolute Gasteiger partial charge is 0.492 e. The number of ether oxygens (including phenoxy) is 2. The Kier molecular flexibility index (Phi) is 7.55. The Morgan fingerprint density at radius 2 is 1.84 bits per heavy atom. The number of nitrogens with zero attached hydrogens (tertiary/aromatic N) is 3. The van der Waals surface area contributed by atoms with Gasteiger partial charge in [-0.3, -0.25) is 4.90 Å². The van der Waals surface area contributed by atoms with Crippen LogP contribution < -0.4 is 10.1 Å². The molecule has 6 heteroatoms. The predicted octanol–water partition coefficient (Wildman–Crippen LogP) is 4.25. The molecule has 1 aliphatic heterocycles. The summed E-state index contributed by atoms with van der Waals surface area (Å²) in [6, 6.07) is 13.2. The second kappa shape index (κ2) is 10.7. The Bertz CT molecular complexity index is 1030. The fourth-order valence-electron chi connectivity index (χ4n) is 4.38. The lowest BCUT2D eigenvalue weighted by molar-refractivity contribution is 0.0322. The van der Waals surface area contributed by atoms with Gasteiger partial charge >= 0.3 is 0 Å². The molecule has 0 saturated carbocycles. The normalized spacial score (nSPS) is 18.0. The first-order valence-electron chi connectivity index (χ1n) is 11.8. The van der Waals surface area contributed by atoms with Gasteiger partial charge in [-0.1, -0.05) is 31.5 Å². The van der Waals surface area contributed by atoms with Crippen molar-refractivity contribution in [3.63, 3.8) is 0 Å². The summed E-state index contributed by atoms with van der Waals surface area (Å²) in [5.74, 6) is 1.88. The van der Waals surface area contributed by atoms with Crippen LogP contribution in [-0.2, 0) is 17.6 Å². The highest BCUT2D eigenvalue weighted by atomic mass is 16.5. The van der Waals surface area contributed by atoms with Crippen molar-refractivity contribution in [1.29, 1.82) is 0 Å². The molecule has 1 aliphatic carbocycles. The zero-order valence-electron chi connectivity index (χ0n) is 19.4. The molecule has 2 aliphatic rings. The molecule has 0 spiro atoms. The van der Waals surface area contributed by atoms with E-state index in [1.807, 2.05) is 13.8 Å². The number of rotatable bonds is 6. The number of nitrogens with one attached hydrogen (secondary N) is 1.